The van der Waals surface area contributed by atoms with Gasteiger partial charge in [0.1, 0.15) is 5.75 Å². The van der Waals surface area contributed by atoms with Crippen molar-refractivity contribution in [2.45, 2.75) is 25.3 Å². The summed E-state index contributed by atoms with van der Waals surface area (Å²) in [6.07, 6.45) is 3.53. The Morgan fingerprint density at radius 3 is 2.55 bits per heavy atom. The van der Waals surface area contributed by atoms with E-state index in [4.69, 9.17) is 21.1 Å². The van der Waals surface area contributed by atoms with Gasteiger partial charge in [-0.05, 0) is 62.2 Å². The number of halogens is 1. The summed E-state index contributed by atoms with van der Waals surface area (Å²) in [4.78, 5) is 0. The average molecular weight is 318 g/mol. The highest BCUT2D eigenvalue weighted by atomic mass is 35.5. The van der Waals surface area contributed by atoms with Gasteiger partial charge in [0.2, 0.25) is 0 Å². The van der Waals surface area contributed by atoms with E-state index in [0.29, 0.717) is 17.7 Å². The Kier molecular flexibility index (Phi) is 5.20. The van der Waals surface area contributed by atoms with Gasteiger partial charge in [-0.15, -0.1) is 0 Å². The van der Waals surface area contributed by atoms with Crippen LogP contribution < -0.4 is 14.8 Å². The van der Waals surface area contributed by atoms with Crippen molar-refractivity contribution < 1.29 is 9.47 Å². The quantitative estimate of drug-likeness (QED) is 0.841. The van der Waals surface area contributed by atoms with E-state index in [1.54, 1.807) is 0 Å². The van der Waals surface area contributed by atoms with Gasteiger partial charge in [0.15, 0.2) is 11.5 Å². The first-order valence-electron chi connectivity index (χ1n) is 7.70. The molecule has 0 radical (unpaired) electrons. The lowest BCUT2D eigenvalue weighted by molar-refractivity contribution is 0.281. The van der Waals surface area contributed by atoms with Crippen molar-refractivity contribution >= 4 is 11.6 Å². The fourth-order valence-electron chi connectivity index (χ4n) is 2.60. The topological polar surface area (TPSA) is 30.5 Å². The van der Waals surface area contributed by atoms with Crippen molar-refractivity contribution in [2.24, 2.45) is 0 Å². The average Bonchev–Trinajstić information content (AvgIpc) is 3.05. The number of rotatable bonds is 6. The van der Waals surface area contributed by atoms with E-state index in [1.807, 2.05) is 48.5 Å². The fraction of sp³-hybridized carbons (Fsp3) is 0.333. The van der Waals surface area contributed by atoms with E-state index < -0.39 is 0 Å². The molecule has 3 nitrogen and oxygen atoms in total. The molecule has 116 valence electrons. The van der Waals surface area contributed by atoms with Crippen LogP contribution in [0.5, 0.6) is 17.2 Å². The minimum absolute atomic E-state index is 0.587. The Bertz CT molecular complexity index is 594. The van der Waals surface area contributed by atoms with Gasteiger partial charge in [-0.3, -0.25) is 0 Å². The highest BCUT2D eigenvalue weighted by Gasteiger charge is 2.14. The predicted molar refractivity (Wildman–Crippen MR) is 89.1 cm³/mol. The lowest BCUT2D eigenvalue weighted by Crippen LogP contribution is -2.23. The van der Waals surface area contributed by atoms with E-state index in [1.165, 1.54) is 12.8 Å². The molecule has 22 heavy (non-hydrogen) atoms. The second-order valence-electron chi connectivity index (χ2n) is 5.43. The van der Waals surface area contributed by atoms with E-state index in [9.17, 15) is 0 Å². The zero-order chi connectivity index (χ0) is 15.2. The third-order valence-electron chi connectivity index (χ3n) is 3.78. The molecule has 2 aromatic carbocycles. The van der Waals surface area contributed by atoms with Crippen LogP contribution >= 0.6 is 11.6 Å². The maximum atomic E-state index is 5.90. The van der Waals surface area contributed by atoms with Crippen LogP contribution in [-0.2, 0) is 0 Å². The van der Waals surface area contributed by atoms with Gasteiger partial charge in [-0.25, -0.2) is 0 Å². The summed E-state index contributed by atoms with van der Waals surface area (Å²) in [5.41, 5.74) is 0. The van der Waals surface area contributed by atoms with E-state index in [-0.39, 0.29) is 0 Å². The standard InChI is InChI=1S/C18H20ClNO2/c19-14-7-9-16(10-8-14)22-18-6-2-1-5-17(18)21-13-11-15-4-3-12-20-15/h1-2,5-10,15,20H,3-4,11-13H2/t15-/m1/s1. The number of benzene rings is 2. The molecule has 1 aliphatic rings. The van der Waals surface area contributed by atoms with Crippen LogP contribution in [0.4, 0.5) is 0 Å². The maximum absolute atomic E-state index is 5.90. The highest BCUT2D eigenvalue weighted by molar-refractivity contribution is 6.30. The molecule has 1 atom stereocenters. The summed E-state index contributed by atoms with van der Waals surface area (Å²) >= 11 is 5.89. The summed E-state index contributed by atoms with van der Waals surface area (Å²) in [5.74, 6) is 2.25. The van der Waals surface area contributed by atoms with Gasteiger partial charge < -0.3 is 14.8 Å². The number of hydrogen-bond donors (Lipinski definition) is 1. The molecule has 2 aromatic rings. The van der Waals surface area contributed by atoms with Crippen molar-refractivity contribution in [2.75, 3.05) is 13.2 Å². The first kappa shape index (κ1) is 15.2. The molecule has 3 rings (SSSR count). The molecule has 0 bridgehead atoms. The first-order chi connectivity index (χ1) is 10.8. The van der Waals surface area contributed by atoms with Gasteiger partial charge in [0.05, 0.1) is 6.61 Å². The zero-order valence-electron chi connectivity index (χ0n) is 12.4. The van der Waals surface area contributed by atoms with Crippen LogP contribution in [0.3, 0.4) is 0 Å². The lowest BCUT2D eigenvalue weighted by Gasteiger charge is -2.14. The minimum Gasteiger partial charge on any atom is -0.490 e. The summed E-state index contributed by atoms with van der Waals surface area (Å²) in [6.45, 7) is 1.82. The second-order valence-corrected chi connectivity index (χ2v) is 5.87. The lowest BCUT2D eigenvalue weighted by atomic mass is 10.2. The number of ether oxygens (including phenoxy) is 2. The summed E-state index contributed by atoms with van der Waals surface area (Å²) in [5, 5.41) is 4.17. The Morgan fingerprint density at radius 1 is 1.05 bits per heavy atom. The van der Waals surface area contributed by atoms with Crippen molar-refractivity contribution in [1.82, 2.24) is 5.32 Å². The van der Waals surface area contributed by atoms with Crippen LogP contribution in [0.15, 0.2) is 48.5 Å². The molecule has 4 heteroatoms. The molecule has 1 heterocycles. The normalized spacial score (nSPS) is 17.4. The number of para-hydroxylation sites is 2. The van der Waals surface area contributed by atoms with Crippen LogP contribution in [0.1, 0.15) is 19.3 Å². The Hall–Kier alpha value is -1.71. The molecule has 1 aliphatic heterocycles. The van der Waals surface area contributed by atoms with E-state index >= 15 is 0 Å². The molecule has 0 unspecified atom stereocenters. The molecule has 0 spiro atoms. The summed E-state index contributed by atoms with van der Waals surface area (Å²) < 4.78 is 11.8. The molecular weight excluding hydrogens is 298 g/mol. The minimum atomic E-state index is 0.587. The molecule has 0 saturated carbocycles. The highest BCUT2D eigenvalue weighted by Crippen LogP contribution is 2.31. The molecule has 1 fully saturated rings. The number of hydrogen-bond acceptors (Lipinski definition) is 3. The zero-order valence-corrected chi connectivity index (χ0v) is 13.2. The molecule has 0 aliphatic carbocycles. The second kappa shape index (κ2) is 7.52. The molecule has 1 N–H and O–H groups in total. The maximum Gasteiger partial charge on any atom is 0.169 e. The van der Waals surface area contributed by atoms with Crippen molar-refractivity contribution in [3.8, 4) is 17.2 Å². The third-order valence-corrected chi connectivity index (χ3v) is 4.03. The van der Waals surface area contributed by atoms with E-state index in [0.717, 1.165) is 30.2 Å². The summed E-state index contributed by atoms with van der Waals surface area (Å²) in [7, 11) is 0. The molecular formula is C18H20ClNO2. The fourth-order valence-corrected chi connectivity index (χ4v) is 2.72. The SMILES string of the molecule is Clc1ccc(Oc2ccccc2OCC[C@H]2CCCN2)cc1. The smallest absolute Gasteiger partial charge is 0.169 e. The monoisotopic (exact) mass is 317 g/mol. The van der Waals surface area contributed by atoms with Crippen LogP contribution in [0.2, 0.25) is 5.02 Å². The third kappa shape index (κ3) is 4.15. The van der Waals surface area contributed by atoms with Gasteiger partial charge >= 0.3 is 0 Å². The summed E-state index contributed by atoms with van der Waals surface area (Å²) in [6, 6.07) is 15.7. The Balaban J connectivity index is 1.60. The Morgan fingerprint density at radius 2 is 1.82 bits per heavy atom. The van der Waals surface area contributed by atoms with Crippen LogP contribution in [0, 0.1) is 0 Å². The van der Waals surface area contributed by atoms with Crippen LogP contribution in [0.25, 0.3) is 0 Å². The predicted octanol–water partition coefficient (Wildman–Crippen LogP) is 4.65. The van der Waals surface area contributed by atoms with Crippen molar-refractivity contribution in [1.29, 1.82) is 0 Å². The van der Waals surface area contributed by atoms with Crippen molar-refractivity contribution in [3.63, 3.8) is 0 Å². The van der Waals surface area contributed by atoms with Gasteiger partial charge in [-0.2, -0.15) is 0 Å². The molecule has 0 aromatic heterocycles. The van der Waals surface area contributed by atoms with Gasteiger partial charge in [0.25, 0.3) is 0 Å². The molecule has 1 saturated heterocycles. The largest absolute Gasteiger partial charge is 0.490 e. The van der Waals surface area contributed by atoms with Crippen LogP contribution in [-0.4, -0.2) is 19.2 Å². The number of nitrogens with one attached hydrogen (secondary N) is 1. The van der Waals surface area contributed by atoms with E-state index in [2.05, 4.69) is 5.32 Å². The molecule has 0 amide bonds. The first-order valence-corrected chi connectivity index (χ1v) is 8.08. The van der Waals surface area contributed by atoms with Gasteiger partial charge in [-0.1, -0.05) is 23.7 Å². The van der Waals surface area contributed by atoms with Gasteiger partial charge in [0, 0.05) is 11.1 Å². The Labute approximate surface area is 136 Å². The van der Waals surface area contributed by atoms with Crippen molar-refractivity contribution in [3.05, 3.63) is 53.6 Å².